The molecule has 1 heterocycles. The Morgan fingerprint density at radius 1 is 1.23 bits per heavy atom. The van der Waals surface area contributed by atoms with Crippen molar-refractivity contribution >= 4 is 11.5 Å². The average molecular weight is 433 g/mol. The largest absolute Gasteiger partial charge is 0.463 e. The van der Waals surface area contributed by atoms with E-state index in [9.17, 15) is 13.6 Å². The third-order valence-electron chi connectivity index (χ3n) is 5.47. The van der Waals surface area contributed by atoms with E-state index in [1.54, 1.807) is 13.0 Å². The van der Waals surface area contributed by atoms with Gasteiger partial charge in [-0.2, -0.15) is 10.2 Å². The number of esters is 1. The molecule has 2 rings (SSSR count). The highest BCUT2D eigenvalue weighted by atomic mass is 19.1. The van der Waals surface area contributed by atoms with Crippen LogP contribution in [0.1, 0.15) is 83.7 Å². The van der Waals surface area contributed by atoms with Crippen LogP contribution in [0.3, 0.4) is 0 Å². The number of hydrogen-bond acceptors (Lipinski definition) is 4. The molecule has 0 amide bonds. The normalized spacial score (nSPS) is 15.2. The van der Waals surface area contributed by atoms with Crippen LogP contribution >= 0.6 is 0 Å². The minimum Gasteiger partial charge on any atom is -0.463 e. The molecule has 1 aromatic heterocycles. The Bertz CT molecular complexity index is 886. The number of allylic oxidation sites excluding steroid dienone is 5. The van der Waals surface area contributed by atoms with Crippen LogP contribution in [-0.4, -0.2) is 22.8 Å². The number of aromatic nitrogens is 2. The summed E-state index contributed by atoms with van der Waals surface area (Å²) in [5.74, 6) is -1.40. The first kappa shape index (κ1) is 24.9. The third-order valence-corrected chi connectivity index (χ3v) is 5.47. The van der Waals surface area contributed by atoms with Gasteiger partial charge in [0.25, 0.3) is 0 Å². The second-order valence-electron chi connectivity index (χ2n) is 8.67. The molecule has 0 saturated heterocycles. The maximum absolute atomic E-state index is 14.4. The lowest BCUT2D eigenvalue weighted by Crippen LogP contribution is -2.17. The first-order chi connectivity index (χ1) is 14.7. The van der Waals surface area contributed by atoms with Gasteiger partial charge in [0.15, 0.2) is 0 Å². The highest BCUT2D eigenvalue weighted by Crippen LogP contribution is 2.35. The first-order valence-electron chi connectivity index (χ1n) is 11.2. The van der Waals surface area contributed by atoms with Crippen molar-refractivity contribution < 1.29 is 18.3 Å². The number of nitrogens with zero attached hydrogens (tertiary/aromatic N) is 2. The summed E-state index contributed by atoms with van der Waals surface area (Å²) in [6, 6.07) is 1.76. The van der Waals surface area contributed by atoms with Crippen molar-refractivity contribution in [3.05, 3.63) is 52.4 Å². The van der Waals surface area contributed by atoms with E-state index in [4.69, 9.17) is 4.74 Å². The minimum atomic E-state index is -0.583. The maximum atomic E-state index is 14.4. The fourth-order valence-corrected chi connectivity index (χ4v) is 3.94. The molecule has 1 aliphatic carbocycles. The first-order valence-corrected chi connectivity index (χ1v) is 11.2. The third kappa shape index (κ3) is 6.81. The molecule has 1 aromatic rings. The Labute approximate surface area is 184 Å². The smallest absolute Gasteiger partial charge is 0.333 e. The Balaban J connectivity index is 2.45. The van der Waals surface area contributed by atoms with Crippen LogP contribution < -0.4 is 0 Å². The SMILES string of the molecule is CCCC(C)(C)Cc1cc(C2=C(F)CCC=C2F)nnc1C/C=C(/CC)C(=O)OCC. The lowest BCUT2D eigenvalue weighted by molar-refractivity contribution is -0.138. The van der Waals surface area contributed by atoms with Crippen LogP contribution in [0.15, 0.2) is 35.4 Å². The van der Waals surface area contributed by atoms with E-state index in [0.29, 0.717) is 43.6 Å². The molecule has 0 bridgehead atoms. The average Bonchev–Trinajstić information content (AvgIpc) is 2.69. The van der Waals surface area contributed by atoms with Crippen LogP contribution in [0, 0.1) is 5.41 Å². The summed E-state index contributed by atoms with van der Waals surface area (Å²) in [4.78, 5) is 12.1. The molecule has 1 aliphatic rings. The van der Waals surface area contributed by atoms with Crippen LogP contribution in [0.4, 0.5) is 8.78 Å². The number of rotatable bonds is 10. The van der Waals surface area contributed by atoms with E-state index in [2.05, 4.69) is 31.0 Å². The van der Waals surface area contributed by atoms with Crippen LogP contribution in [0.2, 0.25) is 0 Å². The molecule has 31 heavy (non-hydrogen) atoms. The molecule has 0 radical (unpaired) electrons. The van der Waals surface area contributed by atoms with Crippen molar-refractivity contribution in [3.63, 3.8) is 0 Å². The molecule has 4 nitrogen and oxygen atoms in total. The Morgan fingerprint density at radius 2 is 1.97 bits per heavy atom. The molecule has 6 heteroatoms. The molecular weight excluding hydrogens is 398 g/mol. The molecular formula is C25H34F2N2O2. The van der Waals surface area contributed by atoms with E-state index < -0.39 is 11.7 Å². The van der Waals surface area contributed by atoms with Gasteiger partial charge in [-0.1, -0.05) is 40.2 Å². The molecule has 0 saturated carbocycles. The van der Waals surface area contributed by atoms with Crippen molar-refractivity contribution in [1.82, 2.24) is 10.2 Å². The van der Waals surface area contributed by atoms with Gasteiger partial charge in [0.2, 0.25) is 0 Å². The van der Waals surface area contributed by atoms with Crippen molar-refractivity contribution in [1.29, 1.82) is 0 Å². The van der Waals surface area contributed by atoms with Gasteiger partial charge < -0.3 is 4.74 Å². The standard InChI is InChI=1S/C25H34F2N2O2/c1-6-14-25(4,5)16-18-15-22(23-19(26)10-9-11-20(23)27)29-28-21(18)13-12-17(7-2)24(30)31-8-3/h10,12,15H,6-9,11,13-14,16H2,1-5H3/b17-12-. The lowest BCUT2D eigenvalue weighted by Gasteiger charge is -2.25. The van der Waals surface area contributed by atoms with E-state index in [-0.39, 0.29) is 29.1 Å². The van der Waals surface area contributed by atoms with E-state index in [1.807, 2.05) is 13.0 Å². The Morgan fingerprint density at radius 3 is 2.58 bits per heavy atom. The van der Waals surface area contributed by atoms with E-state index in [1.165, 1.54) is 6.08 Å². The second kappa shape index (κ2) is 11.3. The zero-order valence-electron chi connectivity index (χ0n) is 19.4. The number of halogens is 2. The van der Waals surface area contributed by atoms with Crippen molar-refractivity contribution in [2.45, 2.75) is 79.6 Å². The topological polar surface area (TPSA) is 52.1 Å². The van der Waals surface area contributed by atoms with Crippen molar-refractivity contribution in [3.8, 4) is 0 Å². The van der Waals surface area contributed by atoms with Crippen LogP contribution in [-0.2, 0) is 22.4 Å². The van der Waals surface area contributed by atoms with Crippen molar-refractivity contribution in [2.24, 2.45) is 5.41 Å². The van der Waals surface area contributed by atoms with Gasteiger partial charge in [0.05, 0.1) is 23.6 Å². The Kier molecular flexibility index (Phi) is 9.08. The molecule has 170 valence electrons. The predicted molar refractivity (Wildman–Crippen MR) is 120 cm³/mol. The summed E-state index contributed by atoms with van der Waals surface area (Å²) in [5.41, 5.74) is 2.33. The Hall–Kier alpha value is -2.37. The van der Waals surface area contributed by atoms with Gasteiger partial charge >= 0.3 is 5.97 Å². The monoisotopic (exact) mass is 432 g/mol. The van der Waals surface area contributed by atoms with E-state index in [0.717, 1.165) is 18.4 Å². The summed E-state index contributed by atoms with van der Waals surface area (Å²) >= 11 is 0. The summed E-state index contributed by atoms with van der Waals surface area (Å²) in [5, 5.41) is 8.49. The molecule has 0 atom stereocenters. The highest BCUT2D eigenvalue weighted by Gasteiger charge is 2.24. The molecule has 0 unspecified atom stereocenters. The van der Waals surface area contributed by atoms with Gasteiger partial charge in [-0.3, -0.25) is 0 Å². The van der Waals surface area contributed by atoms with Gasteiger partial charge in [0.1, 0.15) is 11.7 Å². The number of ether oxygens (including phenoxy) is 1. The summed E-state index contributed by atoms with van der Waals surface area (Å²) in [6.07, 6.45) is 7.44. The van der Waals surface area contributed by atoms with Gasteiger partial charge in [0, 0.05) is 18.4 Å². The van der Waals surface area contributed by atoms with E-state index >= 15 is 0 Å². The van der Waals surface area contributed by atoms with Gasteiger partial charge in [-0.05, 0) is 55.7 Å². The minimum absolute atomic E-state index is 0.00385. The number of carbonyl (C=O) groups is 1. The number of carbonyl (C=O) groups excluding carboxylic acids is 1. The van der Waals surface area contributed by atoms with Gasteiger partial charge in [-0.25, -0.2) is 13.6 Å². The molecule has 0 aliphatic heterocycles. The summed E-state index contributed by atoms with van der Waals surface area (Å²) < 4.78 is 33.9. The van der Waals surface area contributed by atoms with Gasteiger partial charge in [-0.15, -0.1) is 0 Å². The summed E-state index contributed by atoms with van der Waals surface area (Å²) in [7, 11) is 0. The lowest BCUT2D eigenvalue weighted by atomic mass is 9.81. The van der Waals surface area contributed by atoms with Crippen LogP contribution in [0.5, 0.6) is 0 Å². The summed E-state index contributed by atoms with van der Waals surface area (Å²) in [6.45, 7) is 10.5. The maximum Gasteiger partial charge on any atom is 0.333 e. The predicted octanol–water partition coefficient (Wildman–Crippen LogP) is 6.62. The quantitative estimate of drug-likeness (QED) is 0.308. The zero-order chi connectivity index (χ0) is 23.0. The second-order valence-corrected chi connectivity index (χ2v) is 8.67. The molecule has 0 N–H and O–H groups in total. The highest BCUT2D eigenvalue weighted by molar-refractivity contribution is 5.88. The zero-order valence-corrected chi connectivity index (χ0v) is 19.4. The van der Waals surface area contributed by atoms with Crippen molar-refractivity contribution in [2.75, 3.05) is 6.61 Å². The molecule has 0 aromatic carbocycles. The fraction of sp³-hybridized carbons (Fsp3) is 0.560. The van der Waals surface area contributed by atoms with Crippen LogP contribution in [0.25, 0.3) is 5.57 Å². The number of hydrogen-bond donors (Lipinski definition) is 0. The fourth-order valence-electron chi connectivity index (χ4n) is 3.94. The molecule has 0 spiro atoms. The molecule has 0 fully saturated rings.